The first-order valence-corrected chi connectivity index (χ1v) is 9.71. The third-order valence-corrected chi connectivity index (χ3v) is 6.01. The van der Waals surface area contributed by atoms with Crippen molar-refractivity contribution in [1.29, 1.82) is 0 Å². The lowest BCUT2D eigenvalue weighted by Gasteiger charge is -2.30. The summed E-state index contributed by atoms with van der Waals surface area (Å²) in [5, 5.41) is 10.4. The van der Waals surface area contributed by atoms with Crippen LogP contribution in [0.15, 0.2) is 47.4 Å². The van der Waals surface area contributed by atoms with Crippen molar-refractivity contribution in [3.05, 3.63) is 74.0 Å². The molecule has 1 saturated carbocycles. The van der Waals surface area contributed by atoms with E-state index >= 15 is 0 Å². The monoisotopic (exact) mass is 417 g/mol. The Morgan fingerprint density at radius 2 is 2.00 bits per heavy atom. The van der Waals surface area contributed by atoms with E-state index in [1.807, 2.05) is 28.8 Å². The van der Waals surface area contributed by atoms with Crippen LogP contribution in [0.1, 0.15) is 36.4 Å². The van der Waals surface area contributed by atoms with Gasteiger partial charge in [0.2, 0.25) is 5.43 Å². The second-order valence-electron chi connectivity index (χ2n) is 6.92. The fourth-order valence-corrected chi connectivity index (χ4v) is 3.91. The van der Waals surface area contributed by atoms with Crippen molar-refractivity contribution in [2.75, 3.05) is 0 Å². The number of nitrogens with zero attached hydrogens (tertiary/aromatic N) is 1. The molecule has 1 N–H and O–H groups in total. The lowest BCUT2D eigenvalue weighted by Crippen LogP contribution is -2.22. The molecule has 0 radical (unpaired) electrons. The molecule has 1 aliphatic carbocycles. The van der Waals surface area contributed by atoms with Gasteiger partial charge in [-0.05, 0) is 55.0 Å². The van der Waals surface area contributed by atoms with Gasteiger partial charge >= 0.3 is 6.16 Å². The lowest BCUT2D eigenvalue weighted by molar-refractivity contribution is 0.143. The Hall–Kier alpha value is -2.50. The number of halogens is 2. The molecule has 3 aromatic rings. The van der Waals surface area contributed by atoms with Crippen molar-refractivity contribution in [2.24, 2.45) is 0 Å². The number of rotatable bonds is 4. The summed E-state index contributed by atoms with van der Waals surface area (Å²) < 4.78 is 6.70. The summed E-state index contributed by atoms with van der Waals surface area (Å²) in [7, 11) is 0. The minimum Gasteiger partial charge on any atom is -0.449 e. The molecule has 1 aliphatic rings. The maximum Gasteiger partial charge on any atom is 0.511 e. The van der Waals surface area contributed by atoms with E-state index < -0.39 is 11.6 Å². The zero-order valence-corrected chi connectivity index (χ0v) is 16.3. The number of hydrogen-bond acceptors (Lipinski definition) is 3. The number of ether oxygens (including phenoxy) is 1. The van der Waals surface area contributed by atoms with Crippen LogP contribution in [-0.4, -0.2) is 15.8 Å². The Bertz CT molecular complexity index is 1140. The first kappa shape index (κ1) is 18.8. The van der Waals surface area contributed by atoms with Gasteiger partial charge in [0, 0.05) is 11.4 Å². The first-order chi connectivity index (χ1) is 13.4. The molecule has 0 amide bonds. The highest BCUT2D eigenvalue weighted by atomic mass is 35.5. The van der Waals surface area contributed by atoms with E-state index in [1.54, 1.807) is 12.1 Å². The Morgan fingerprint density at radius 1 is 1.21 bits per heavy atom. The lowest BCUT2D eigenvalue weighted by atomic mass is 9.92. The van der Waals surface area contributed by atoms with Crippen LogP contribution in [0.5, 0.6) is 5.75 Å². The first-order valence-electron chi connectivity index (χ1n) is 8.95. The number of hydrogen-bond donors (Lipinski definition) is 1. The summed E-state index contributed by atoms with van der Waals surface area (Å²) >= 11 is 12.4. The maximum atomic E-state index is 12.8. The highest BCUT2D eigenvalue weighted by Gasteiger charge is 2.23. The number of fused-ring (bicyclic) bond motifs is 1. The zero-order valence-electron chi connectivity index (χ0n) is 14.8. The third kappa shape index (κ3) is 3.48. The van der Waals surface area contributed by atoms with Gasteiger partial charge in [-0.25, -0.2) is 4.79 Å². The zero-order chi connectivity index (χ0) is 19.8. The van der Waals surface area contributed by atoms with Gasteiger partial charge in [-0.15, -0.1) is 0 Å². The summed E-state index contributed by atoms with van der Waals surface area (Å²) in [6, 6.07) is 11.3. The van der Waals surface area contributed by atoms with E-state index in [1.165, 1.54) is 6.20 Å². The highest BCUT2D eigenvalue weighted by molar-refractivity contribution is 6.42. The Morgan fingerprint density at radius 3 is 2.68 bits per heavy atom. The molecule has 0 bridgehead atoms. The van der Waals surface area contributed by atoms with Crippen LogP contribution in [0.25, 0.3) is 10.9 Å². The van der Waals surface area contributed by atoms with Crippen LogP contribution in [-0.2, 0) is 6.42 Å². The molecule has 0 unspecified atom stereocenters. The minimum absolute atomic E-state index is 0.176. The second kappa shape index (κ2) is 7.49. The molecule has 0 spiro atoms. The number of pyridine rings is 1. The quantitative estimate of drug-likeness (QED) is 0.554. The fourth-order valence-electron chi connectivity index (χ4n) is 3.53. The molecule has 28 heavy (non-hydrogen) atoms. The molecule has 0 atom stereocenters. The van der Waals surface area contributed by atoms with Crippen molar-refractivity contribution in [3.63, 3.8) is 0 Å². The van der Waals surface area contributed by atoms with Crippen molar-refractivity contribution in [1.82, 2.24) is 4.57 Å². The van der Waals surface area contributed by atoms with Gasteiger partial charge in [0.15, 0.2) is 5.75 Å². The van der Waals surface area contributed by atoms with Crippen LogP contribution in [0.3, 0.4) is 0 Å². The third-order valence-electron chi connectivity index (χ3n) is 5.16. The highest BCUT2D eigenvalue weighted by Crippen LogP contribution is 2.35. The van der Waals surface area contributed by atoms with E-state index in [0.29, 0.717) is 21.9 Å². The van der Waals surface area contributed by atoms with Crippen LogP contribution in [0.2, 0.25) is 10.0 Å². The van der Waals surface area contributed by atoms with Gasteiger partial charge in [-0.3, -0.25) is 4.79 Å². The number of carboxylic acid groups (broad SMARTS) is 1. The van der Waals surface area contributed by atoms with E-state index in [-0.39, 0.29) is 11.8 Å². The standard InChI is InChI=1S/C21H17Cl2NO4/c22-16-6-1-3-13(19(16)23)9-12-7-8-17-15(10-12)20(25)18(28-21(26)27)11-24(17)14-4-2-5-14/h1,3,6-8,10-11,14H,2,4-5,9H2,(H,26,27). The Kier molecular flexibility index (Phi) is 5.04. The average molecular weight is 418 g/mol. The second-order valence-corrected chi connectivity index (χ2v) is 7.71. The van der Waals surface area contributed by atoms with Crippen LogP contribution in [0, 0.1) is 0 Å². The Labute approximate surface area is 171 Å². The Balaban J connectivity index is 1.83. The molecular weight excluding hydrogens is 401 g/mol. The fraction of sp³-hybridized carbons (Fsp3) is 0.238. The van der Waals surface area contributed by atoms with Crippen LogP contribution >= 0.6 is 23.2 Å². The largest absolute Gasteiger partial charge is 0.511 e. The molecule has 2 aromatic carbocycles. The van der Waals surface area contributed by atoms with E-state index in [9.17, 15) is 9.59 Å². The summed E-state index contributed by atoms with van der Waals surface area (Å²) in [4.78, 5) is 23.8. The van der Waals surface area contributed by atoms with Crippen LogP contribution in [0.4, 0.5) is 4.79 Å². The molecule has 1 heterocycles. The predicted octanol–water partition coefficient (Wildman–Crippen LogP) is 5.68. The van der Waals surface area contributed by atoms with Gasteiger partial charge < -0.3 is 14.4 Å². The summed E-state index contributed by atoms with van der Waals surface area (Å²) in [6.07, 6.45) is 3.60. The van der Waals surface area contributed by atoms with Gasteiger partial charge in [0.1, 0.15) is 0 Å². The van der Waals surface area contributed by atoms with Crippen molar-refractivity contribution >= 4 is 40.3 Å². The van der Waals surface area contributed by atoms with E-state index in [4.69, 9.17) is 33.0 Å². The smallest absolute Gasteiger partial charge is 0.449 e. The molecule has 7 heteroatoms. The van der Waals surface area contributed by atoms with Gasteiger partial charge in [0.25, 0.3) is 0 Å². The van der Waals surface area contributed by atoms with Gasteiger partial charge in [0.05, 0.1) is 21.8 Å². The predicted molar refractivity (Wildman–Crippen MR) is 109 cm³/mol. The molecular formula is C21H17Cl2NO4. The van der Waals surface area contributed by atoms with E-state index in [2.05, 4.69) is 0 Å². The molecule has 0 aliphatic heterocycles. The van der Waals surface area contributed by atoms with E-state index in [0.717, 1.165) is 35.9 Å². The molecule has 1 fully saturated rings. The van der Waals surface area contributed by atoms with Crippen molar-refractivity contribution in [2.45, 2.75) is 31.7 Å². The number of carbonyl (C=O) groups is 1. The SMILES string of the molecule is O=C(O)Oc1cn(C2CCC2)c2ccc(Cc3cccc(Cl)c3Cl)cc2c1=O. The average Bonchev–Trinajstić information content (AvgIpc) is 2.61. The number of aromatic nitrogens is 1. The molecule has 144 valence electrons. The topological polar surface area (TPSA) is 68.5 Å². The normalized spacial score (nSPS) is 14.1. The molecule has 0 saturated heterocycles. The summed E-state index contributed by atoms with van der Waals surface area (Å²) in [5.74, 6) is -0.176. The molecule has 4 rings (SSSR count). The van der Waals surface area contributed by atoms with Gasteiger partial charge in [-0.2, -0.15) is 0 Å². The van der Waals surface area contributed by atoms with Crippen molar-refractivity contribution in [3.8, 4) is 5.75 Å². The summed E-state index contributed by atoms with van der Waals surface area (Å²) in [5.41, 5.74) is 2.06. The van der Waals surface area contributed by atoms with Gasteiger partial charge in [-0.1, -0.05) is 41.4 Å². The number of benzene rings is 2. The van der Waals surface area contributed by atoms with Crippen LogP contribution < -0.4 is 10.2 Å². The molecule has 1 aromatic heterocycles. The van der Waals surface area contributed by atoms with Crippen molar-refractivity contribution < 1.29 is 14.6 Å². The minimum atomic E-state index is -1.50. The molecule has 5 nitrogen and oxygen atoms in total. The maximum absolute atomic E-state index is 12.8. The summed E-state index contributed by atoms with van der Waals surface area (Å²) in [6.45, 7) is 0.